The van der Waals surface area contributed by atoms with E-state index in [2.05, 4.69) is 4.72 Å². The van der Waals surface area contributed by atoms with E-state index in [4.69, 9.17) is 17.3 Å². The molecule has 0 radical (unpaired) electrons. The molecule has 0 fully saturated rings. The molecule has 0 saturated carbocycles. The molecule has 17 heavy (non-hydrogen) atoms. The van der Waals surface area contributed by atoms with Gasteiger partial charge in [-0.2, -0.15) is 0 Å². The molecule has 0 aliphatic rings. The average molecular weight is 277 g/mol. The molecule has 0 bridgehead atoms. The highest BCUT2D eigenvalue weighted by Gasteiger charge is 2.24. The maximum absolute atomic E-state index is 12.1. The third-order valence-electron chi connectivity index (χ3n) is 2.02. The van der Waals surface area contributed by atoms with Crippen molar-refractivity contribution in [2.45, 2.75) is 38.1 Å². The van der Waals surface area contributed by atoms with Crippen LogP contribution >= 0.6 is 11.6 Å². The SMILES string of the molecule is Cc1cc(Cl)c(N)cc1S(=O)(=O)NC(C)(C)C. The van der Waals surface area contributed by atoms with Crippen LogP contribution in [0.15, 0.2) is 17.0 Å². The first-order chi connectivity index (χ1) is 7.53. The normalized spacial score (nSPS) is 12.8. The molecular formula is C11H17ClN2O2S. The monoisotopic (exact) mass is 276 g/mol. The number of hydrogen-bond acceptors (Lipinski definition) is 3. The van der Waals surface area contributed by atoms with Gasteiger partial charge in [-0.15, -0.1) is 0 Å². The summed E-state index contributed by atoms with van der Waals surface area (Å²) in [6.45, 7) is 7.01. The van der Waals surface area contributed by atoms with Gasteiger partial charge in [-0.3, -0.25) is 0 Å². The van der Waals surface area contributed by atoms with Crippen LogP contribution in [-0.4, -0.2) is 14.0 Å². The molecule has 0 aromatic heterocycles. The summed E-state index contributed by atoms with van der Waals surface area (Å²) in [6, 6.07) is 2.93. The van der Waals surface area contributed by atoms with Gasteiger partial charge >= 0.3 is 0 Å². The molecule has 4 nitrogen and oxygen atoms in total. The Labute approximate surface area is 107 Å². The predicted octanol–water partition coefficient (Wildman–Crippen LogP) is 2.31. The van der Waals surface area contributed by atoms with Gasteiger partial charge in [0.15, 0.2) is 0 Å². The second kappa shape index (κ2) is 4.48. The molecule has 0 saturated heterocycles. The van der Waals surface area contributed by atoms with E-state index in [1.54, 1.807) is 33.8 Å². The molecule has 1 aromatic rings. The van der Waals surface area contributed by atoms with Crippen molar-refractivity contribution in [2.24, 2.45) is 0 Å². The lowest BCUT2D eigenvalue weighted by Crippen LogP contribution is -2.40. The number of sulfonamides is 1. The molecule has 0 amide bonds. The third kappa shape index (κ3) is 3.59. The number of nitrogens with one attached hydrogen (secondary N) is 1. The largest absolute Gasteiger partial charge is 0.397 e. The standard InChI is InChI=1S/C11H17ClN2O2S/c1-7-5-8(12)9(13)6-10(7)17(15,16)14-11(2,3)4/h5-6,14H,13H2,1-4H3. The van der Waals surface area contributed by atoms with Crippen molar-refractivity contribution < 1.29 is 8.42 Å². The van der Waals surface area contributed by atoms with Crippen molar-refractivity contribution in [3.63, 3.8) is 0 Å². The lowest BCUT2D eigenvalue weighted by molar-refractivity contribution is 0.491. The molecule has 0 atom stereocenters. The lowest BCUT2D eigenvalue weighted by atomic mass is 10.1. The van der Waals surface area contributed by atoms with E-state index in [-0.39, 0.29) is 10.6 Å². The minimum atomic E-state index is -3.58. The second-order valence-electron chi connectivity index (χ2n) is 4.99. The molecule has 96 valence electrons. The number of hydrogen-bond donors (Lipinski definition) is 2. The minimum Gasteiger partial charge on any atom is -0.397 e. The van der Waals surface area contributed by atoms with Gasteiger partial charge in [0, 0.05) is 5.54 Å². The number of benzene rings is 1. The molecule has 0 aliphatic carbocycles. The Kier molecular flexibility index (Phi) is 3.76. The summed E-state index contributed by atoms with van der Waals surface area (Å²) in [5, 5.41) is 0.359. The fraction of sp³-hybridized carbons (Fsp3) is 0.455. The lowest BCUT2D eigenvalue weighted by Gasteiger charge is -2.21. The van der Waals surface area contributed by atoms with Crippen molar-refractivity contribution in [3.8, 4) is 0 Å². The first kappa shape index (κ1) is 14.3. The Bertz CT molecular complexity index is 533. The fourth-order valence-corrected chi connectivity index (χ4v) is 3.32. The zero-order valence-corrected chi connectivity index (χ0v) is 11.9. The van der Waals surface area contributed by atoms with Gasteiger partial charge in [-0.25, -0.2) is 13.1 Å². The average Bonchev–Trinajstić information content (AvgIpc) is 2.06. The zero-order chi connectivity index (χ0) is 13.4. The highest BCUT2D eigenvalue weighted by Crippen LogP contribution is 2.26. The summed E-state index contributed by atoms with van der Waals surface area (Å²) in [5.74, 6) is 0. The van der Waals surface area contributed by atoms with Crippen LogP contribution in [0.4, 0.5) is 5.69 Å². The van der Waals surface area contributed by atoms with Crippen LogP contribution in [0.3, 0.4) is 0 Å². The summed E-state index contributed by atoms with van der Waals surface area (Å²) in [5.41, 5.74) is 5.91. The predicted molar refractivity (Wildman–Crippen MR) is 70.7 cm³/mol. The Balaban J connectivity index is 3.30. The van der Waals surface area contributed by atoms with Gasteiger partial charge in [-0.05, 0) is 45.4 Å². The maximum atomic E-state index is 12.1. The zero-order valence-electron chi connectivity index (χ0n) is 10.3. The summed E-state index contributed by atoms with van der Waals surface area (Å²) >= 11 is 5.83. The van der Waals surface area contributed by atoms with E-state index in [9.17, 15) is 8.42 Å². The Hall–Kier alpha value is -0.780. The number of anilines is 1. The second-order valence-corrected chi connectivity index (χ2v) is 7.05. The fourth-order valence-electron chi connectivity index (χ4n) is 1.42. The first-order valence-electron chi connectivity index (χ1n) is 5.12. The van der Waals surface area contributed by atoms with Gasteiger partial charge in [0.25, 0.3) is 0 Å². The van der Waals surface area contributed by atoms with Gasteiger partial charge < -0.3 is 5.73 Å². The number of nitrogen functional groups attached to an aromatic ring is 1. The number of aryl methyl sites for hydroxylation is 1. The third-order valence-corrected chi connectivity index (χ3v) is 4.25. The molecule has 3 N–H and O–H groups in total. The molecule has 0 unspecified atom stereocenters. The molecule has 1 rings (SSSR count). The number of halogens is 1. The van der Waals surface area contributed by atoms with E-state index in [1.807, 2.05) is 0 Å². The van der Waals surface area contributed by atoms with E-state index in [0.717, 1.165) is 0 Å². The molecule has 0 spiro atoms. The van der Waals surface area contributed by atoms with Crippen LogP contribution < -0.4 is 10.5 Å². The van der Waals surface area contributed by atoms with Crippen LogP contribution in [0.25, 0.3) is 0 Å². The number of nitrogens with two attached hydrogens (primary N) is 1. The maximum Gasteiger partial charge on any atom is 0.241 e. The Morgan fingerprint density at radius 2 is 1.82 bits per heavy atom. The minimum absolute atomic E-state index is 0.161. The summed E-state index contributed by atoms with van der Waals surface area (Å²) in [7, 11) is -3.58. The van der Waals surface area contributed by atoms with Gasteiger partial charge in [0.05, 0.1) is 15.6 Å². The first-order valence-corrected chi connectivity index (χ1v) is 6.99. The van der Waals surface area contributed by atoms with Crippen molar-refractivity contribution >= 4 is 27.3 Å². The molecule has 1 aromatic carbocycles. The molecule has 6 heteroatoms. The molecule has 0 aliphatic heterocycles. The van der Waals surface area contributed by atoms with E-state index >= 15 is 0 Å². The van der Waals surface area contributed by atoms with Gasteiger partial charge in [0.2, 0.25) is 10.0 Å². The quantitative estimate of drug-likeness (QED) is 0.814. The molecular weight excluding hydrogens is 260 g/mol. The van der Waals surface area contributed by atoms with E-state index < -0.39 is 15.6 Å². The van der Waals surface area contributed by atoms with Crippen molar-refractivity contribution in [1.82, 2.24) is 4.72 Å². The van der Waals surface area contributed by atoms with E-state index in [0.29, 0.717) is 10.6 Å². The van der Waals surface area contributed by atoms with Crippen molar-refractivity contribution in [2.75, 3.05) is 5.73 Å². The van der Waals surface area contributed by atoms with E-state index in [1.165, 1.54) is 6.07 Å². The van der Waals surface area contributed by atoms with Gasteiger partial charge in [-0.1, -0.05) is 11.6 Å². The van der Waals surface area contributed by atoms with Crippen LogP contribution in [0, 0.1) is 6.92 Å². The number of rotatable bonds is 2. The van der Waals surface area contributed by atoms with Crippen LogP contribution in [0.2, 0.25) is 5.02 Å². The Morgan fingerprint density at radius 3 is 2.29 bits per heavy atom. The highest BCUT2D eigenvalue weighted by atomic mass is 35.5. The highest BCUT2D eigenvalue weighted by molar-refractivity contribution is 7.89. The van der Waals surface area contributed by atoms with Crippen LogP contribution in [0.5, 0.6) is 0 Å². The molecule has 0 heterocycles. The van der Waals surface area contributed by atoms with Crippen LogP contribution in [0.1, 0.15) is 26.3 Å². The van der Waals surface area contributed by atoms with Crippen molar-refractivity contribution in [3.05, 3.63) is 22.7 Å². The topological polar surface area (TPSA) is 72.2 Å². The van der Waals surface area contributed by atoms with Crippen LogP contribution in [-0.2, 0) is 10.0 Å². The van der Waals surface area contributed by atoms with Gasteiger partial charge in [0.1, 0.15) is 0 Å². The smallest absolute Gasteiger partial charge is 0.241 e. The Morgan fingerprint density at radius 1 is 1.29 bits per heavy atom. The summed E-state index contributed by atoms with van der Waals surface area (Å²) in [6.07, 6.45) is 0. The summed E-state index contributed by atoms with van der Waals surface area (Å²) < 4.78 is 26.8. The summed E-state index contributed by atoms with van der Waals surface area (Å²) in [4.78, 5) is 0.161. The van der Waals surface area contributed by atoms with Crippen molar-refractivity contribution in [1.29, 1.82) is 0 Å².